The molecule has 0 saturated heterocycles. The molecule has 0 aliphatic heterocycles. The maximum absolute atomic E-state index is 10.6. The van der Waals surface area contributed by atoms with Crippen molar-refractivity contribution in [2.24, 2.45) is 11.8 Å². The van der Waals surface area contributed by atoms with Gasteiger partial charge in [-0.15, -0.1) is 0 Å². The van der Waals surface area contributed by atoms with Crippen molar-refractivity contribution in [1.82, 2.24) is 0 Å². The van der Waals surface area contributed by atoms with E-state index in [0.717, 1.165) is 19.3 Å². The predicted molar refractivity (Wildman–Crippen MR) is 111 cm³/mol. The largest absolute Gasteiger partial charge is 0.414 e. The SMILES string of the molecule is CC(C)(C)[Si](C)(C)O[C@@H]1C[C@@H]2[C@H](C1)[C@@H](O[Si](C)(C)C(C)(C)C)C[C@@H]2O. The molecule has 0 aromatic heterocycles. The minimum atomic E-state index is -1.80. The zero-order chi connectivity index (χ0) is 19.4. The molecular weight excluding hydrogens is 344 g/mol. The van der Waals surface area contributed by atoms with Gasteiger partial charge in [0, 0.05) is 6.10 Å². The molecule has 0 amide bonds. The van der Waals surface area contributed by atoms with Gasteiger partial charge >= 0.3 is 0 Å². The minimum Gasteiger partial charge on any atom is -0.414 e. The Hall–Kier alpha value is 0.314. The molecular formula is C20H42O3Si2. The first-order valence-electron chi connectivity index (χ1n) is 10.1. The van der Waals surface area contributed by atoms with Crippen LogP contribution in [0.2, 0.25) is 36.3 Å². The van der Waals surface area contributed by atoms with E-state index in [0.29, 0.717) is 17.9 Å². The van der Waals surface area contributed by atoms with Crippen LogP contribution < -0.4 is 0 Å². The maximum atomic E-state index is 10.6. The predicted octanol–water partition coefficient (Wildman–Crippen LogP) is 5.56. The van der Waals surface area contributed by atoms with Crippen molar-refractivity contribution in [2.45, 2.75) is 115 Å². The monoisotopic (exact) mass is 386 g/mol. The highest BCUT2D eigenvalue weighted by Gasteiger charge is 2.53. The summed E-state index contributed by atoms with van der Waals surface area (Å²) in [7, 11) is -3.55. The van der Waals surface area contributed by atoms with E-state index >= 15 is 0 Å². The number of hydrogen-bond donors (Lipinski definition) is 1. The normalized spacial score (nSPS) is 34.4. The quantitative estimate of drug-likeness (QED) is 0.643. The van der Waals surface area contributed by atoms with Crippen LogP contribution in [0.1, 0.15) is 60.8 Å². The maximum Gasteiger partial charge on any atom is 0.192 e. The number of rotatable bonds is 4. The molecule has 0 spiro atoms. The summed E-state index contributed by atoms with van der Waals surface area (Å²) in [5.74, 6) is 0.837. The number of aliphatic hydroxyl groups excluding tert-OH is 1. The second-order valence-corrected chi connectivity index (χ2v) is 21.0. The van der Waals surface area contributed by atoms with Crippen LogP contribution in [-0.2, 0) is 8.85 Å². The Kier molecular flexibility index (Phi) is 5.82. The van der Waals surface area contributed by atoms with Crippen LogP contribution in [0.4, 0.5) is 0 Å². The van der Waals surface area contributed by atoms with E-state index < -0.39 is 16.6 Å². The zero-order valence-electron chi connectivity index (χ0n) is 18.3. The standard InChI is InChI=1S/C20H42O3Si2/c1-19(2,3)24(7,8)22-14-11-15-16(12-14)18(13-17(15)21)23-25(9,10)20(4,5)6/h14-18,21H,11-13H2,1-10H3/t14-,15-,16+,17+,18+/m1/s1. The summed E-state index contributed by atoms with van der Waals surface area (Å²) in [5.41, 5.74) is 0. The molecule has 2 aliphatic carbocycles. The third-order valence-electron chi connectivity index (χ3n) is 7.59. The van der Waals surface area contributed by atoms with Crippen LogP contribution in [0.5, 0.6) is 0 Å². The topological polar surface area (TPSA) is 38.7 Å². The second-order valence-electron chi connectivity index (χ2n) is 11.5. The first-order chi connectivity index (χ1) is 11.1. The molecule has 2 rings (SSSR count). The third kappa shape index (κ3) is 4.42. The summed E-state index contributed by atoms with van der Waals surface area (Å²) in [6, 6.07) is 0. The van der Waals surface area contributed by atoms with Crippen molar-refractivity contribution in [2.75, 3.05) is 0 Å². The van der Waals surface area contributed by atoms with Gasteiger partial charge in [0.05, 0.1) is 12.2 Å². The van der Waals surface area contributed by atoms with E-state index in [-0.39, 0.29) is 22.3 Å². The molecule has 0 radical (unpaired) electrons. The fourth-order valence-corrected chi connectivity index (χ4v) is 6.65. The molecule has 2 aliphatic rings. The smallest absolute Gasteiger partial charge is 0.192 e. The highest BCUT2D eigenvalue weighted by atomic mass is 28.4. The summed E-state index contributed by atoms with van der Waals surface area (Å²) >= 11 is 0. The van der Waals surface area contributed by atoms with Crippen molar-refractivity contribution in [3.8, 4) is 0 Å². The van der Waals surface area contributed by atoms with Gasteiger partial charge in [0.2, 0.25) is 0 Å². The molecule has 1 N–H and O–H groups in total. The average Bonchev–Trinajstić information content (AvgIpc) is 2.88. The highest BCUT2D eigenvalue weighted by molar-refractivity contribution is 6.74. The van der Waals surface area contributed by atoms with Gasteiger partial charge in [0.15, 0.2) is 16.6 Å². The molecule has 0 bridgehead atoms. The summed E-state index contributed by atoms with van der Waals surface area (Å²) < 4.78 is 13.4. The third-order valence-corrected chi connectivity index (χ3v) is 16.6. The van der Waals surface area contributed by atoms with Crippen LogP contribution in [0.25, 0.3) is 0 Å². The van der Waals surface area contributed by atoms with Gasteiger partial charge in [0.1, 0.15) is 0 Å². The fourth-order valence-electron chi connectivity index (χ4n) is 3.89. The second kappa shape index (κ2) is 6.73. The molecule has 0 aromatic carbocycles. The molecule has 148 valence electrons. The lowest BCUT2D eigenvalue weighted by Gasteiger charge is -2.40. The molecule has 0 aromatic rings. The van der Waals surface area contributed by atoms with Crippen LogP contribution in [0, 0.1) is 11.8 Å². The Morgan fingerprint density at radius 3 is 1.64 bits per heavy atom. The summed E-state index contributed by atoms with van der Waals surface area (Å²) in [4.78, 5) is 0. The highest BCUT2D eigenvalue weighted by Crippen LogP contribution is 2.50. The molecule has 2 saturated carbocycles. The lowest BCUT2D eigenvalue weighted by Crippen LogP contribution is -2.45. The van der Waals surface area contributed by atoms with Gasteiger partial charge in [0.25, 0.3) is 0 Å². The molecule has 25 heavy (non-hydrogen) atoms. The Labute approximate surface area is 158 Å². The van der Waals surface area contributed by atoms with Crippen LogP contribution in [0.15, 0.2) is 0 Å². The van der Waals surface area contributed by atoms with Crippen LogP contribution in [0.3, 0.4) is 0 Å². The summed E-state index contributed by atoms with van der Waals surface area (Å²) in [6.07, 6.45) is 3.19. The van der Waals surface area contributed by atoms with Crippen molar-refractivity contribution in [3.05, 3.63) is 0 Å². The Bertz CT molecular complexity index is 476. The molecule has 5 heteroatoms. The zero-order valence-corrected chi connectivity index (χ0v) is 20.3. The van der Waals surface area contributed by atoms with Gasteiger partial charge < -0.3 is 14.0 Å². The fraction of sp³-hybridized carbons (Fsp3) is 1.00. The Balaban J connectivity index is 2.06. The van der Waals surface area contributed by atoms with Crippen molar-refractivity contribution in [1.29, 1.82) is 0 Å². The van der Waals surface area contributed by atoms with E-state index in [9.17, 15) is 5.11 Å². The van der Waals surface area contributed by atoms with Crippen molar-refractivity contribution in [3.63, 3.8) is 0 Å². The van der Waals surface area contributed by atoms with E-state index in [1.54, 1.807) is 0 Å². The van der Waals surface area contributed by atoms with E-state index in [2.05, 4.69) is 67.7 Å². The molecule has 0 heterocycles. The summed E-state index contributed by atoms with van der Waals surface area (Å²) in [6.45, 7) is 23.1. The van der Waals surface area contributed by atoms with Gasteiger partial charge in [-0.2, -0.15) is 0 Å². The number of fused-ring (bicyclic) bond motifs is 1. The van der Waals surface area contributed by atoms with Crippen molar-refractivity contribution < 1.29 is 14.0 Å². The Morgan fingerprint density at radius 2 is 1.16 bits per heavy atom. The van der Waals surface area contributed by atoms with Gasteiger partial charge in [-0.3, -0.25) is 0 Å². The first kappa shape index (κ1) is 21.6. The number of hydrogen-bond acceptors (Lipinski definition) is 3. The molecule has 3 nitrogen and oxygen atoms in total. The lowest BCUT2D eigenvalue weighted by molar-refractivity contribution is 0.0945. The van der Waals surface area contributed by atoms with Gasteiger partial charge in [-0.25, -0.2) is 0 Å². The molecule has 0 unspecified atom stereocenters. The van der Waals surface area contributed by atoms with Crippen molar-refractivity contribution >= 4 is 16.6 Å². The first-order valence-corrected chi connectivity index (χ1v) is 15.9. The minimum absolute atomic E-state index is 0.214. The van der Waals surface area contributed by atoms with Crippen LogP contribution >= 0.6 is 0 Å². The van der Waals surface area contributed by atoms with E-state index in [4.69, 9.17) is 8.85 Å². The lowest BCUT2D eigenvalue weighted by atomic mass is 9.98. The van der Waals surface area contributed by atoms with Crippen LogP contribution in [-0.4, -0.2) is 40.1 Å². The summed E-state index contributed by atoms with van der Waals surface area (Å²) in [5, 5.41) is 11.1. The molecule has 5 atom stereocenters. The molecule has 2 fully saturated rings. The van der Waals surface area contributed by atoms with Gasteiger partial charge in [-0.05, 0) is 67.4 Å². The van der Waals surface area contributed by atoms with E-state index in [1.165, 1.54) is 0 Å². The average molecular weight is 387 g/mol. The Morgan fingerprint density at radius 1 is 0.720 bits per heavy atom. The number of aliphatic hydroxyl groups is 1. The van der Waals surface area contributed by atoms with E-state index in [1.807, 2.05) is 0 Å². The van der Waals surface area contributed by atoms with Gasteiger partial charge in [-0.1, -0.05) is 41.5 Å².